The molecule has 1 saturated carbocycles. The lowest BCUT2D eigenvalue weighted by Crippen LogP contribution is -2.52. The molecule has 0 bridgehead atoms. The lowest BCUT2D eigenvalue weighted by Gasteiger charge is -2.43. The summed E-state index contributed by atoms with van der Waals surface area (Å²) in [5, 5.41) is 0. The lowest BCUT2D eigenvalue weighted by molar-refractivity contribution is -0.143. The first-order valence-electron chi connectivity index (χ1n) is 12.4. The number of anilines is 1. The molecule has 2 aromatic rings. The molecule has 0 atom stereocenters. The smallest absolute Gasteiger partial charge is 0.338 e. The van der Waals surface area contributed by atoms with Gasteiger partial charge in [0.2, 0.25) is 5.95 Å². The Bertz CT molecular complexity index is 1120. The van der Waals surface area contributed by atoms with E-state index < -0.39 is 35.0 Å². The van der Waals surface area contributed by atoms with Gasteiger partial charge in [-0.15, -0.1) is 0 Å². The zero-order chi connectivity index (χ0) is 26.4. The van der Waals surface area contributed by atoms with Crippen LogP contribution in [-0.2, 0) is 25.2 Å². The van der Waals surface area contributed by atoms with E-state index in [9.17, 15) is 31.1 Å². The summed E-state index contributed by atoms with van der Waals surface area (Å²) in [6.45, 7) is 3.81. The van der Waals surface area contributed by atoms with Crippen LogP contribution in [0.1, 0.15) is 52.0 Å². The average Bonchev–Trinajstić information content (AvgIpc) is 3.04. The number of alkyl halides is 6. The predicted octanol–water partition coefficient (Wildman–Crippen LogP) is 4.43. The summed E-state index contributed by atoms with van der Waals surface area (Å²) in [5.74, 6) is -0.260. The third-order valence-corrected chi connectivity index (χ3v) is 7.52. The number of amides is 1. The second-order valence-corrected chi connectivity index (χ2v) is 9.84. The maximum Gasteiger partial charge on any atom is 0.416 e. The van der Waals surface area contributed by atoms with Crippen LogP contribution in [0, 0.1) is 0 Å². The van der Waals surface area contributed by atoms with Gasteiger partial charge in [-0.3, -0.25) is 9.69 Å². The first kappa shape index (κ1) is 25.7. The largest absolute Gasteiger partial charge is 0.416 e. The highest BCUT2D eigenvalue weighted by Gasteiger charge is 2.38. The van der Waals surface area contributed by atoms with Crippen molar-refractivity contribution in [1.82, 2.24) is 19.8 Å². The number of nitrogens with zero attached hydrogens (tertiary/aromatic N) is 5. The van der Waals surface area contributed by atoms with Gasteiger partial charge in [0.25, 0.3) is 5.91 Å². The van der Waals surface area contributed by atoms with Crippen LogP contribution in [0.4, 0.5) is 32.3 Å². The highest BCUT2D eigenvalue weighted by Crippen LogP contribution is 2.36. The monoisotopic (exact) mass is 527 g/mol. The minimum atomic E-state index is -5.01. The summed E-state index contributed by atoms with van der Waals surface area (Å²) in [7, 11) is 0. The number of hydrogen-bond donors (Lipinski definition) is 0. The molecule has 3 heterocycles. The normalized spacial score (nSPS) is 19.8. The third-order valence-electron chi connectivity index (χ3n) is 7.52. The van der Waals surface area contributed by atoms with E-state index >= 15 is 0 Å². The Balaban J connectivity index is 1.29. The fraction of sp³-hybridized carbons (Fsp3) is 0.560. The molecule has 0 spiro atoms. The summed E-state index contributed by atoms with van der Waals surface area (Å²) in [6.07, 6.45) is -3.82. The fourth-order valence-corrected chi connectivity index (χ4v) is 5.12. The van der Waals surface area contributed by atoms with Crippen molar-refractivity contribution < 1.29 is 31.1 Å². The lowest BCUT2D eigenvalue weighted by atomic mass is 9.91. The second-order valence-electron chi connectivity index (χ2n) is 9.84. The van der Waals surface area contributed by atoms with Gasteiger partial charge < -0.3 is 9.80 Å². The minimum absolute atomic E-state index is 0.0260. The molecule has 37 heavy (non-hydrogen) atoms. The van der Waals surface area contributed by atoms with Gasteiger partial charge in [-0.05, 0) is 43.0 Å². The van der Waals surface area contributed by atoms with Crippen LogP contribution in [0.25, 0.3) is 0 Å². The van der Waals surface area contributed by atoms with Crippen LogP contribution in [0.15, 0.2) is 24.4 Å². The number of aromatic nitrogens is 2. The summed E-state index contributed by atoms with van der Waals surface area (Å²) in [4.78, 5) is 28.2. The molecule has 1 aliphatic carbocycles. The number of carbonyl (C=O) groups is 1. The van der Waals surface area contributed by atoms with Crippen molar-refractivity contribution >= 4 is 11.9 Å². The Kier molecular flexibility index (Phi) is 6.80. The molecule has 200 valence electrons. The number of hydrogen-bond acceptors (Lipinski definition) is 5. The second kappa shape index (κ2) is 9.77. The van der Waals surface area contributed by atoms with Gasteiger partial charge in [-0.2, -0.15) is 26.3 Å². The van der Waals surface area contributed by atoms with Crippen molar-refractivity contribution in [3.8, 4) is 0 Å². The first-order chi connectivity index (χ1) is 17.5. The van der Waals surface area contributed by atoms with Crippen LogP contribution < -0.4 is 4.90 Å². The van der Waals surface area contributed by atoms with Gasteiger partial charge in [0.1, 0.15) is 0 Å². The average molecular weight is 528 g/mol. The van der Waals surface area contributed by atoms with Gasteiger partial charge in [-0.1, -0.05) is 6.42 Å². The number of benzene rings is 1. The van der Waals surface area contributed by atoms with Crippen molar-refractivity contribution in [2.45, 2.75) is 50.5 Å². The van der Waals surface area contributed by atoms with Gasteiger partial charge in [0.05, 0.1) is 16.8 Å². The first-order valence-corrected chi connectivity index (χ1v) is 12.4. The van der Waals surface area contributed by atoms with Crippen molar-refractivity contribution in [1.29, 1.82) is 0 Å². The Hall–Kier alpha value is -2.89. The van der Waals surface area contributed by atoms with Crippen molar-refractivity contribution in [3.63, 3.8) is 0 Å². The molecule has 2 aliphatic heterocycles. The fourth-order valence-electron chi connectivity index (χ4n) is 5.12. The number of piperazine rings is 1. The minimum Gasteiger partial charge on any atom is -0.338 e. The molecule has 0 unspecified atom stereocenters. The van der Waals surface area contributed by atoms with Gasteiger partial charge in [0.15, 0.2) is 0 Å². The van der Waals surface area contributed by atoms with E-state index in [0.29, 0.717) is 37.0 Å². The van der Waals surface area contributed by atoms with E-state index in [2.05, 4.69) is 14.8 Å². The molecule has 2 fully saturated rings. The SMILES string of the molecule is O=C(c1cc(C(F)(F)F)cc(C(F)(F)F)c1)N1CCc2cnc(N3CCN(C4CCC4)CC3)nc2CC1. The summed E-state index contributed by atoms with van der Waals surface area (Å²) in [6, 6.07) is 1.67. The molecule has 3 aliphatic rings. The van der Waals surface area contributed by atoms with Crippen molar-refractivity contribution in [3.05, 3.63) is 52.3 Å². The number of carbonyl (C=O) groups excluding carboxylic acids is 1. The zero-order valence-electron chi connectivity index (χ0n) is 20.1. The molecular weight excluding hydrogens is 500 g/mol. The highest BCUT2D eigenvalue weighted by atomic mass is 19.4. The summed E-state index contributed by atoms with van der Waals surface area (Å²) < 4.78 is 79.5. The maximum atomic E-state index is 13.2. The van der Waals surface area contributed by atoms with E-state index in [4.69, 9.17) is 4.98 Å². The molecule has 1 aromatic carbocycles. The molecule has 0 N–H and O–H groups in total. The summed E-state index contributed by atoms with van der Waals surface area (Å²) in [5.41, 5.74) is -2.06. The molecular formula is C25H27F6N5O. The van der Waals surface area contributed by atoms with E-state index in [-0.39, 0.29) is 19.2 Å². The van der Waals surface area contributed by atoms with Crippen molar-refractivity contribution in [2.24, 2.45) is 0 Å². The maximum absolute atomic E-state index is 13.2. The van der Waals surface area contributed by atoms with Crippen LogP contribution in [0.5, 0.6) is 0 Å². The summed E-state index contributed by atoms with van der Waals surface area (Å²) >= 11 is 0. The number of fused-ring (bicyclic) bond motifs is 1. The van der Waals surface area contributed by atoms with Crippen LogP contribution >= 0.6 is 0 Å². The Morgan fingerprint density at radius 3 is 2.03 bits per heavy atom. The van der Waals surface area contributed by atoms with Crippen LogP contribution in [0.2, 0.25) is 0 Å². The molecule has 0 radical (unpaired) electrons. The standard InChI is InChI=1S/C25H27F6N5O/c26-24(27,28)18-12-17(13-19(14-18)25(29,30)31)22(37)35-6-4-16-15-32-23(33-21(16)5-7-35)36-10-8-34(9-11-36)20-2-1-3-20/h12-15,20H,1-11H2. The van der Waals surface area contributed by atoms with Gasteiger partial charge in [-0.25, -0.2) is 9.97 Å². The third kappa shape index (κ3) is 5.53. The predicted molar refractivity (Wildman–Crippen MR) is 123 cm³/mol. The Labute approximate surface area is 210 Å². The van der Waals surface area contributed by atoms with Gasteiger partial charge >= 0.3 is 12.4 Å². The molecule has 6 nitrogen and oxygen atoms in total. The zero-order valence-corrected chi connectivity index (χ0v) is 20.1. The van der Waals surface area contributed by atoms with Crippen molar-refractivity contribution in [2.75, 3.05) is 44.2 Å². The molecule has 5 rings (SSSR count). The Morgan fingerprint density at radius 2 is 1.46 bits per heavy atom. The molecule has 1 amide bonds. The van der Waals surface area contributed by atoms with Gasteiger partial charge in [0, 0.05) is 63.5 Å². The molecule has 12 heteroatoms. The molecule has 1 saturated heterocycles. The van der Waals surface area contributed by atoms with E-state index in [1.54, 1.807) is 6.20 Å². The van der Waals surface area contributed by atoms with E-state index in [1.807, 2.05) is 0 Å². The topological polar surface area (TPSA) is 52.6 Å². The van der Waals surface area contributed by atoms with Crippen LogP contribution in [0.3, 0.4) is 0 Å². The quantitative estimate of drug-likeness (QED) is 0.553. The van der Waals surface area contributed by atoms with E-state index in [0.717, 1.165) is 37.4 Å². The number of rotatable bonds is 3. The Morgan fingerprint density at radius 1 is 0.838 bits per heavy atom. The molecule has 1 aromatic heterocycles. The highest BCUT2D eigenvalue weighted by molar-refractivity contribution is 5.94. The number of halogens is 6. The van der Waals surface area contributed by atoms with Crippen LogP contribution in [-0.4, -0.2) is 71.0 Å². The van der Waals surface area contributed by atoms with E-state index in [1.165, 1.54) is 24.2 Å².